The van der Waals surface area contributed by atoms with Crippen LogP contribution in [-0.2, 0) is 16.1 Å². The van der Waals surface area contributed by atoms with Crippen molar-refractivity contribution in [1.82, 2.24) is 0 Å². The van der Waals surface area contributed by atoms with Crippen molar-refractivity contribution in [2.24, 2.45) is 0 Å². The molecular weight excluding hydrogens is 184 g/mol. The zero-order valence-electron chi connectivity index (χ0n) is 7.86. The number of carbonyl (C=O) groups excluding carboxylic acids is 1. The van der Waals surface area contributed by atoms with Gasteiger partial charge in [-0.3, -0.25) is 0 Å². The predicted molar refractivity (Wildman–Crippen MR) is 47.7 cm³/mol. The van der Waals surface area contributed by atoms with Crippen LogP contribution in [0.4, 0.5) is 4.79 Å². The first-order chi connectivity index (χ1) is 6.74. The summed E-state index contributed by atoms with van der Waals surface area (Å²) in [4.78, 5) is 10.8. The third-order valence-corrected chi connectivity index (χ3v) is 1.58. The number of ether oxygens (including phenoxy) is 2. The second kappa shape index (κ2) is 5.11. The molecule has 0 atom stereocenters. The lowest BCUT2D eigenvalue weighted by Gasteiger charge is -2.12. The van der Waals surface area contributed by atoms with Crippen molar-refractivity contribution < 1.29 is 19.4 Å². The SMILES string of the molecule is CCOC(=O)OCc1ccccc1[O-]. The van der Waals surface area contributed by atoms with E-state index in [0.717, 1.165) is 0 Å². The van der Waals surface area contributed by atoms with E-state index in [1.54, 1.807) is 25.1 Å². The zero-order chi connectivity index (χ0) is 10.4. The molecule has 0 saturated carbocycles. The Bertz CT molecular complexity index is 309. The van der Waals surface area contributed by atoms with Gasteiger partial charge in [0.15, 0.2) is 0 Å². The molecule has 0 bridgehead atoms. The van der Waals surface area contributed by atoms with E-state index in [9.17, 15) is 9.90 Å². The molecule has 0 amide bonds. The molecule has 4 heteroatoms. The monoisotopic (exact) mass is 195 g/mol. The first kappa shape index (κ1) is 10.4. The number of hydrogen-bond acceptors (Lipinski definition) is 4. The maximum Gasteiger partial charge on any atom is 0.508 e. The Morgan fingerprint density at radius 1 is 1.36 bits per heavy atom. The van der Waals surface area contributed by atoms with Crippen LogP contribution in [-0.4, -0.2) is 12.8 Å². The van der Waals surface area contributed by atoms with Gasteiger partial charge >= 0.3 is 6.16 Å². The standard InChI is InChI=1S/C10H12O4/c1-2-13-10(12)14-7-8-5-3-4-6-9(8)11/h3-6,11H,2,7H2,1H3/p-1. The van der Waals surface area contributed by atoms with E-state index < -0.39 is 6.16 Å². The molecule has 1 aromatic rings. The number of hydrogen-bond donors (Lipinski definition) is 0. The summed E-state index contributed by atoms with van der Waals surface area (Å²) in [6.07, 6.45) is -0.754. The minimum atomic E-state index is -0.754. The van der Waals surface area contributed by atoms with Crippen molar-refractivity contribution in [3.63, 3.8) is 0 Å². The van der Waals surface area contributed by atoms with Gasteiger partial charge in [0.25, 0.3) is 0 Å². The van der Waals surface area contributed by atoms with Crippen molar-refractivity contribution in [2.45, 2.75) is 13.5 Å². The van der Waals surface area contributed by atoms with Crippen LogP contribution < -0.4 is 5.11 Å². The van der Waals surface area contributed by atoms with Crippen molar-refractivity contribution in [1.29, 1.82) is 0 Å². The highest BCUT2D eigenvalue weighted by Gasteiger charge is 2.02. The molecule has 4 nitrogen and oxygen atoms in total. The summed E-state index contributed by atoms with van der Waals surface area (Å²) in [5, 5.41) is 11.2. The first-order valence-corrected chi connectivity index (χ1v) is 4.28. The summed E-state index contributed by atoms with van der Waals surface area (Å²) in [5.74, 6) is -0.142. The van der Waals surface area contributed by atoms with Gasteiger partial charge in [0, 0.05) is 0 Å². The van der Waals surface area contributed by atoms with Crippen LogP contribution in [0.1, 0.15) is 12.5 Å². The van der Waals surface area contributed by atoms with Crippen molar-refractivity contribution in [3.05, 3.63) is 29.8 Å². The molecule has 0 N–H and O–H groups in total. The topological polar surface area (TPSA) is 58.6 Å². The van der Waals surface area contributed by atoms with Crippen LogP contribution >= 0.6 is 0 Å². The Balaban J connectivity index is 2.46. The summed E-state index contributed by atoms with van der Waals surface area (Å²) >= 11 is 0. The van der Waals surface area contributed by atoms with E-state index in [1.807, 2.05) is 0 Å². The summed E-state index contributed by atoms with van der Waals surface area (Å²) < 4.78 is 9.23. The van der Waals surface area contributed by atoms with Gasteiger partial charge < -0.3 is 14.6 Å². The maximum atomic E-state index is 11.2. The zero-order valence-corrected chi connectivity index (χ0v) is 7.86. The van der Waals surface area contributed by atoms with Crippen molar-refractivity contribution in [3.8, 4) is 5.75 Å². The average molecular weight is 195 g/mol. The number of para-hydroxylation sites is 1. The lowest BCUT2D eigenvalue weighted by molar-refractivity contribution is -0.270. The highest BCUT2D eigenvalue weighted by Crippen LogP contribution is 2.13. The molecule has 0 aromatic heterocycles. The molecule has 76 valence electrons. The van der Waals surface area contributed by atoms with Gasteiger partial charge in [-0.15, -0.1) is 5.75 Å². The van der Waals surface area contributed by atoms with Crippen LogP contribution in [0.25, 0.3) is 0 Å². The smallest absolute Gasteiger partial charge is 0.508 e. The van der Waals surface area contributed by atoms with Gasteiger partial charge in [-0.05, 0) is 12.5 Å². The third-order valence-electron chi connectivity index (χ3n) is 1.58. The quantitative estimate of drug-likeness (QED) is 0.684. The van der Waals surface area contributed by atoms with Gasteiger partial charge in [-0.25, -0.2) is 4.79 Å². The minimum absolute atomic E-state index is 0.0431. The van der Waals surface area contributed by atoms with E-state index in [1.165, 1.54) is 6.07 Å². The molecule has 14 heavy (non-hydrogen) atoms. The Morgan fingerprint density at radius 3 is 2.71 bits per heavy atom. The first-order valence-electron chi connectivity index (χ1n) is 4.28. The fourth-order valence-corrected chi connectivity index (χ4v) is 0.919. The molecule has 0 aliphatic heterocycles. The number of rotatable bonds is 3. The molecule has 0 heterocycles. The number of carbonyl (C=O) groups is 1. The van der Waals surface area contributed by atoms with Gasteiger partial charge in [0.2, 0.25) is 0 Å². The summed E-state index contributed by atoms with van der Waals surface area (Å²) in [6, 6.07) is 6.38. The second-order valence-electron chi connectivity index (χ2n) is 2.58. The second-order valence-corrected chi connectivity index (χ2v) is 2.58. The van der Waals surface area contributed by atoms with Gasteiger partial charge in [0.05, 0.1) is 6.61 Å². The van der Waals surface area contributed by atoms with Crippen LogP contribution in [0, 0.1) is 0 Å². The summed E-state index contributed by atoms with van der Waals surface area (Å²) in [7, 11) is 0. The average Bonchev–Trinajstić information content (AvgIpc) is 2.17. The Labute approximate surface area is 82.1 Å². The van der Waals surface area contributed by atoms with Crippen LogP contribution in [0.3, 0.4) is 0 Å². The highest BCUT2D eigenvalue weighted by molar-refractivity contribution is 5.59. The van der Waals surface area contributed by atoms with E-state index in [-0.39, 0.29) is 19.0 Å². The largest absolute Gasteiger partial charge is 0.872 e. The minimum Gasteiger partial charge on any atom is -0.872 e. The molecule has 0 spiro atoms. The molecule has 0 aliphatic rings. The Morgan fingerprint density at radius 2 is 2.07 bits per heavy atom. The van der Waals surface area contributed by atoms with Crippen LogP contribution in [0.15, 0.2) is 24.3 Å². The van der Waals surface area contributed by atoms with Crippen LogP contribution in [0.5, 0.6) is 5.75 Å². The van der Waals surface area contributed by atoms with Gasteiger partial charge in [-0.2, -0.15) is 0 Å². The molecule has 0 saturated heterocycles. The fourth-order valence-electron chi connectivity index (χ4n) is 0.919. The van der Waals surface area contributed by atoms with Gasteiger partial charge in [0.1, 0.15) is 6.61 Å². The summed E-state index contributed by atoms with van der Waals surface area (Å²) in [6.45, 7) is 1.90. The molecule has 1 rings (SSSR count). The molecule has 0 fully saturated rings. The molecule has 0 radical (unpaired) electrons. The molecule has 1 aromatic carbocycles. The van der Waals surface area contributed by atoms with E-state index in [2.05, 4.69) is 9.47 Å². The van der Waals surface area contributed by atoms with Crippen molar-refractivity contribution in [2.75, 3.05) is 6.61 Å². The maximum absolute atomic E-state index is 11.2. The number of benzene rings is 1. The molecule has 0 aliphatic carbocycles. The predicted octanol–water partition coefficient (Wildman–Crippen LogP) is 1.43. The van der Waals surface area contributed by atoms with E-state index >= 15 is 0 Å². The summed E-state index contributed by atoms with van der Waals surface area (Å²) in [5.41, 5.74) is 0.445. The third kappa shape index (κ3) is 2.97. The lowest BCUT2D eigenvalue weighted by Crippen LogP contribution is -2.08. The Kier molecular flexibility index (Phi) is 3.79. The lowest BCUT2D eigenvalue weighted by atomic mass is 10.2. The van der Waals surface area contributed by atoms with E-state index in [4.69, 9.17) is 0 Å². The van der Waals surface area contributed by atoms with Gasteiger partial charge in [-0.1, -0.05) is 24.3 Å². The van der Waals surface area contributed by atoms with Crippen molar-refractivity contribution >= 4 is 6.16 Å². The Hall–Kier alpha value is -1.71. The molecule has 0 unspecified atom stereocenters. The highest BCUT2D eigenvalue weighted by atomic mass is 16.7. The fraction of sp³-hybridized carbons (Fsp3) is 0.300. The van der Waals surface area contributed by atoms with E-state index in [0.29, 0.717) is 5.56 Å². The normalized spacial score (nSPS) is 9.50. The molecular formula is C10H11O4-. The van der Waals surface area contributed by atoms with Crippen LogP contribution in [0.2, 0.25) is 0 Å².